The Bertz CT molecular complexity index is 395. The van der Waals surface area contributed by atoms with Crippen molar-refractivity contribution in [2.75, 3.05) is 18.4 Å². The van der Waals surface area contributed by atoms with Crippen LogP contribution in [0.4, 0.5) is 5.82 Å². The molecule has 18 heavy (non-hydrogen) atoms. The first-order chi connectivity index (χ1) is 8.25. The monoisotopic (exact) mass is 271 g/mol. The smallest absolute Gasteiger partial charge is 0.225 e. The molecule has 0 bridgehead atoms. The lowest BCUT2D eigenvalue weighted by Gasteiger charge is -2.08. The molecule has 1 aromatic heterocycles. The number of pyridine rings is 1. The Labute approximate surface area is 112 Å². The van der Waals surface area contributed by atoms with E-state index in [1.165, 1.54) is 12.3 Å². The molecule has 3 N–H and O–H groups in total. The number of halogens is 1. The van der Waals surface area contributed by atoms with Gasteiger partial charge in [0.2, 0.25) is 5.91 Å². The van der Waals surface area contributed by atoms with Crippen molar-refractivity contribution in [3.05, 3.63) is 18.3 Å². The number of nitrogens with zero attached hydrogens (tertiary/aromatic N) is 1. The zero-order valence-electron chi connectivity index (χ0n) is 10.1. The van der Waals surface area contributed by atoms with Gasteiger partial charge in [0.1, 0.15) is 0 Å². The fourth-order valence-corrected chi connectivity index (χ4v) is 1.98. The highest BCUT2D eigenvalue weighted by Crippen LogP contribution is 2.19. The zero-order chi connectivity index (χ0) is 12.1. The van der Waals surface area contributed by atoms with Crippen molar-refractivity contribution < 1.29 is 9.90 Å². The lowest BCUT2D eigenvalue weighted by Crippen LogP contribution is -2.15. The molecule has 0 radical (unpaired) electrons. The van der Waals surface area contributed by atoms with Gasteiger partial charge in [0.15, 0.2) is 11.6 Å². The summed E-state index contributed by atoms with van der Waals surface area (Å²) in [6.45, 7) is 2.05. The molecule has 1 aliphatic rings. The molecular weight excluding hydrogens is 254 g/mol. The molecule has 1 atom stereocenters. The van der Waals surface area contributed by atoms with Crippen molar-refractivity contribution in [3.63, 3.8) is 0 Å². The molecule has 1 saturated heterocycles. The van der Waals surface area contributed by atoms with E-state index in [1.807, 2.05) is 0 Å². The van der Waals surface area contributed by atoms with Gasteiger partial charge in [0.25, 0.3) is 0 Å². The fourth-order valence-electron chi connectivity index (χ4n) is 1.98. The summed E-state index contributed by atoms with van der Waals surface area (Å²) < 4.78 is 0. The third-order valence-electron chi connectivity index (χ3n) is 2.99. The topological polar surface area (TPSA) is 74.2 Å². The molecule has 0 aromatic carbocycles. The molecule has 1 aliphatic heterocycles. The quantitative estimate of drug-likeness (QED) is 0.777. The van der Waals surface area contributed by atoms with Gasteiger partial charge in [-0.25, -0.2) is 4.98 Å². The largest absolute Gasteiger partial charge is 0.504 e. The highest BCUT2D eigenvalue weighted by molar-refractivity contribution is 5.90. The lowest BCUT2D eigenvalue weighted by atomic mass is 10.0. The third-order valence-corrected chi connectivity index (χ3v) is 2.99. The minimum Gasteiger partial charge on any atom is -0.504 e. The van der Waals surface area contributed by atoms with Gasteiger partial charge in [-0.2, -0.15) is 0 Å². The number of aromatic hydroxyl groups is 1. The first-order valence-corrected chi connectivity index (χ1v) is 5.90. The second-order valence-corrected chi connectivity index (χ2v) is 4.32. The van der Waals surface area contributed by atoms with Crippen LogP contribution in [0.5, 0.6) is 5.75 Å². The summed E-state index contributed by atoms with van der Waals surface area (Å²) >= 11 is 0. The highest BCUT2D eigenvalue weighted by Gasteiger charge is 2.16. The predicted octanol–water partition coefficient (Wildman–Crippen LogP) is 1.54. The van der Waals surface area contributed by atoms with E-state index in [4.69, 9.17) is 0 Å². The molecule has 1 aromatic rings. The average molecular weight is 272 g/mol. The maximum atomic E-state index is 11.6. The summed E-state index contributed by atoms with van der Waals surface area (Å²) in [7, 11) is 0. The number of carbonyl (C=O) groups excluding carboxylic acids is 1. The van der Waals surface area contributed by atoms with E-state index in [0.717, 1.165) is 25.9 Å². The van der Waals surface area contributed by atoms with Crippen molar-refractivity contribution >= 4 is 24.1 Å². The lowest BCUT2D eigenvalue weighted by molar-refractivity contribution is -0.116. The van der Waals surface area contributed by atoms with Gasteiger partial charge < -0.3 is 15.7 Å². The minimum atomic E-state index is -0.0918. The van der Waals surface area contributed by atoms with Crippen molar-refractivity contribution in [1.29, 1.82) is 0 Å². The number of nitrogens with one attached hydrogen (secondary N) is 2. The Morgan fingerprint density at radius 3 is 3.11 bits per heavy atom. The van der Waals surface area contributed by atoms with Crippen molar-refractivity contribution in [1.82, 2.24) is 10.3 Å². The summed E-state index contributed by atoms with van der Waals surface area (Å²) in [5, 5.41) is 15.3. The molecule has 0 saturated carbocycles. The van der Waals surface area contributed by atoms with Crippen LogP contribution in [0.25, 0.3) is 0 Å². The van der Waals surface area contributed by atoms with Gasteiger partial charge in [0.05, 0.1) is 0 Å². The second-order valence-electron chi connectivity index (χ2n) is 4.32. The fraction of sp³-hybridized carbons (Fsp3) is 0.500. The van der Waals surface area contributed by atoms with Gasteiger partial charge in [-0.05, 0) is 44.0 Å². The number of anilines is 1. The molecule has 6 heteroatoms. The summed E-state index contributed by atoms with van der Waals surface area (Å²) in [6.07, 6.45) is 4.03. The second kappa shape index (κ2) is 7.18. The third kappa shape index (κ3) is 4.16. The molecule has 100 valence electrons. The van der Waals surface area contributed by atoms with E-state index in [0.29, 0.717) is 12.3 Å². The van der Waals surface area contributed by atoms with E-state index in [-0.39, 0.29) is 29.9 Å². The maximum Gasteiger partial charge on any atom is 0.225 e. The standard InChI is InChI=1S/C12H17N3O2.ClH/c16-10-2-1-6-14-12(10)15-11(17)4-3-9-5-7-13-8-9;/h1-2,6,9,13,16H,3-5,7-8H2,(H,14,15,17);1H. The number of hydrogen-bond donors (Lipinski definition) is 3. The van der Waals surface area contributed by atoms with Crippen LogP contribution in [0.3, 0.4) is 0 Å². The van der Waals surface area contributed by atoms with Gasteiger partial charge in [-0.1, -0.05) is 0 Å². The van der Waals surface area contributed by atoms with Gasteiger partial charge in [0, 0.05) is 12.6 Å². The molecule has 2 rings (SSSR count). The number of hydrogen-bond acceptors (Lipinski definition) is 4. The Morgan fingerprint density at radius 2 is 2.44 bits per heavy atom. The van der Waals surface area contributed by atoms with Crippen LogP contribution < -0.4 is 10.6 Å². The zero-order valence-corrected chi connectivity index (χ0v) is 10.9. The van der Waals surface area contributed by atoms with E-state index in [1.54, 1.807) is 6.07 Å². The van der Waals surface area contributed by atoms with E-state index >= 15 is 0 Å². The number of rotatable bonds is 4. The highest BCUT2D eigenvalue weighted by atomic mass is 35.5. The Kier molecular flexibility index (Phi) is 5.88. The van der Waals surface area contributed by atoms with Crippen LogP contribution in [0.1, 0.15) is 19.3 Å². The van der Waals surface area contributed by atoms with Crippen molar-refractivity contribution in [2.45, 2.75) is 19.3 Å². The van der Waals surface area contributed by atoms with E-state index in [9.17, 15) is 9.90 Å². The van der Waals surface area contributed by atoms with Gasteiger partial charge >= 0.3 is 0 Å². The number of aromatic nitrogens is 1. The van der Waals surface area contributed by atoms with Crippen LogP contribution in [-0.2, 0) is 4.79 Å². The van der Waals surface area contributed by atoms with Crippen LogP contribution in [0.2, 0.25) is 0 Å². The SMILES string of the molecule is Cl.O=C(CCC1CCNC1)Nc1ncccc1O. The predicted molar refractivity (Wildman–Crippen MR) is 72.0 cm³/mol. The first-order valence-electron chi connectivity index (χ1n) is 5.90. The molecule has 1 amide bonds. The van der Waals surface area contributed by atoms with E-state index < -0.39 is 0 Å². The summed E-state index contributed by atoms with van der Waals surface area (Å²) in [5.74, 6) is 0.745. The van der Waals surface area contributed by atoms with Gasteiger partial charge in [-0.15, -0.1) is 12.4 Å². The van der Waals surface area contributed by atoms with E-state index in [2.05, 4.69) is 15.6 Å². The average Bonchev–Trinajstić information content (AvgIpc) is 2.82. The summed E-state index contributed by atoms with van der Waals surface area (Å²) in [6, 6.07) is 3.12. The summed E-state index contributed by atoms with van der Waals surface area (Å²) in [5.41, 5.74) is 0. The molecule has 1 fully saturated rings. The maximum absolute atomic E-state index is 11.6. The number of amides is 1. The molecule has 5 nitrogen and oxygen atoms in total. The molecule has 0 spiro atoms. The normalized spacial score (nSPS) is 18.1. The molecule has 0 aliphatic carbocycles. The molecule has 2 heterocycles. The Morgan fingerprint density at radius 1 is 1.61 bits per heavy atom. The minimum absolute atomic E-state index is 0. The van der Waals surface area contributed by atoms with Crippen LogP contribution >= 0.6 is 12.4 Å². The molecular formula is C12H18ClN3O2. The molecule has 1 unspecified atom stereocenters. The Hall–Kier alpha value is -1.33. The van der Waals surface area contributed by atoms with Crippen LogP contribution in [0.15, 0.2) is 18.3 Å². The first kappa shape index (κ1) is 14.7. The van der Waals surface area contributed by atoms with Crippen molar-refractivity contribution in [2.24, 2.45) is 5.92 Å². The summed E-state index contributed by atoms with van der Waals surface area (Å²) in [4.78, 5) is 15.5. The van der Waals surface area contributed by atoms with Crippen molar-refractivity contribution in [3.8, 4) is 5.75 Å². The number of carbonyl (C=O) groups is 1. The van der Waals surface area contributed by atoms with Crippen LogP contribution in [0, 0.1) is 5.92 Å². The van der Waals surface area contributed by atoms with Crippen LogP contribution in [-0.4, -0.2) is 29.1 Å². The van der Waals surface area contributed by atoms with Gasteiger partial charge in [-0.3, -0.25) is 4.79 Å². The Balaban J connectivity index is 0.00000162.